The van der Waals surface area contributed by atoms with Crippen molar-refractivity contribution in [3.63, 3.8) is 0 Å². The lowest BCUT2D eigenvalue weighted by molar-refractivity contribution is -0.147. The Hall–Kier alpha value is -3.59. The second-order valence-corrected chi connectivity index (χ2v) is 9.34. The molecule has 204 valence electrons. The van der Waals surface area contributed by atoms with Crippen LogP contribution in [0.15, 0.2) is 61.2 Å². The van der Waals surface area contributed by atoms with E-state index in [9.17, 15) is 14.9 Å². The van der Waals surface area contributed by atoms with E-state index in [4.69, 9.17) is 14.2 Å². The number of rotatable bonds is 19. The Kier molecular flexibility index (Phi) is 15.0. The van der Waals surface area contributed by atoms with Gasteiger partial charge >= 0.3 is 11.9 Å². The van der Waals surface area contributed by atoms with E-state index < -0.39 is 18.0 Å². The van der Waals surface area contributed by atoms with Gasteiger partial charge in [0.15, 0.2) is 0 Å². The molecule has 0 bridgehead atoms. The second-order valence-electron chi connectivity index (χ2n) is 9.34. The maximum absolute atomic E-state index is 12.5. The highest BCUT2D eigenvalue weighted by molar-refractivity contribution is 5.91. The first kappa shape index (κ1) is 30.6. The molecule has 0 radical (unpaired) electrons. The Morgan fingerprint density at radius 2 is 1.50 bits per heavy atom. The molecule has 0 aliphatic carbocycles. The molecule has 0 saturated carbocycles. The van der Waals surface area contributed by atoms with Gasteiger partial charge in [0.2, 0.25) is 6.10 Å². The van der Waals surface area contributed by atoms with Crippen LogP contribution in [-0.4, -0.2) is 18.5 Å². The standard InChI is InChI=1S/C32H41NO5/c1-3-5-7-8-9-10-11-12-14-24-36-28-20-18-27(19-21-28)32(35)37-29-22-16-26(17-23-29)30(25-33)38-31(34)15-13-6-4-2/h3,16-23,30H,1,4-15,24H2,2H3/t30-/m0/s1. The molecule has 6 heteroatoms. The maximum atomic E-state index is 12.5. The number of hydrogen-bond acceptors (Lipinski definition) is 6. The Labute approximate surface area is 227 Å². The van der Waals surface area contributed by atoms with E-state index in [2.05, 4.69) is 13.5 Å². The zero-order chi connectivity index (χ0) is 27.4. The number of ether oxygens (including phenoxy) is 3. The van der Waals surface area contributed by atoms with Crippen molar-refractivity contribution >= 4 is 11.9 Å². The topological polar surface area (TPSA) is 85.6 Å². The lowest BCUT2D eigenvalue weighted by Crippen LogP contribution is -2.11. The van der Waals surface area contributed by atoms with Crippen LogP contribution in [0.5, 0.6) is 11.5 Å². The van der Waals surface area contributed by atoms with E-state index in [1.54, 1.807) is 48.5 Å². The third-order valence-electron chi connectivity index (χ3n) is 6.16. The van der Waals surface area contributed by atoms with Crippen molar-refractivity contribution in [3.8, 4) is 17.6 Å². The van der Waals surface area contributed by atoms with Gasteiger partial charge in [-0.2, -0.15) is 5.26 Å². The Morgan fingerprint density at radius 3 is 2.13 bits per heavy atom. The Balaban J connectivity index is 1.72. The summed E-state index contributed by atoms with van der Waals surface area (Å²) in [6, 6.07) is 15.3. The highest BCUT2D eigenvalue weighted by atomic mass is 16.5. The molecule has 2 aromatic rings. The van der Waals surface area contributed by atoms with Crippen molar-refractivity contribution in [1.29, 1.82) is 5.26 Å². The highest BCUT2D eigenvalue weighted by Crippen LogP contribution is 2.22. The van der Waals surface area contributed by atoms with Crippen LogP contribution in [0.4, 0.5) is 0 Å². The molecule has 2 rings (SSSR count). The van der Waals surface area contributed by atoms with E-state index in [0.29, 0.717) is 29.9 Å². The van der Waals surface area contributed by atoms with Crippen LogP contribution in [-0.2, 0) is 9.53 Å². The molecule has 0 saturated heterocycles. The van der Waals surface area contributed by atoms with Crippen molar-refractivity contribution in [2.75, 3.05) is 6.61 Å². The number of carbonyl (C=O) groups excluding carboxylic acids is 2. The van der Waals surface area contributed by atoms with Gasteiger partial charge in [-0.15, -0.1) is 6.58 Å². The van der Waals surface area contributed by atoms with Gasteiger partial charge in [-0.1, -0.05) is 70.1 Å². The van der Waals surface area contributed by atoms with E-state index >= 15 is 0 Å². The number of unbranched alkanes of at least 4 members (excludes halogenated alkanes) is 9. The first-order chi connectivity index (χ1) is 18.6. The van der Waals surface area contributed by atoms with Gasteiger partial charge in [0.1, 0.15) is 17.6 Å². The molecule has 2 aromatic carbocycles. The summed E-state index contributed by atoms with van der Waals surface area (Å²) in [6.07, 6.45) is 13.5. The van der Waals surface area contributed by atoms with Crippen LogP contribution in [0.3, 0.4) is 0 Å². The average Bonchev–Trinajstić information content (AvgIpc) is 2.93. The number of allylic oxidation sites excluding steroid dienone is 1. The lowest BCUT2D eigenvalue weighted by Gasteiger charge is -2.12. The number of nitriles is 1. The molecule has 0 unspecified atom stereocenters. The average molecular weight is 520 g/mol. The van der Waals surface area contributed by atoms with Crippen LogP contribution >= 0.6 is 0 Å². The molecule has 1 atom stereocenters. The SMILES string of the molecule is C=CCCCCCCCCCOc1ccc(C(=O)Oc2ccc([C@H](C#N)OC(=O)CCCCC)cc2)cc1. The molecular formula is C32H41NO5. The minimum atomic E-state index is -0.992. The summed E-state index contributed by atoms with van der Waals surface area (Å²) in [6.45, 7) is 6.46. The van der Waals surface area contributed by atoms with Gasteiger partial charge in [0.05, 0.1) is 12.2 Å². The van der Waals surface area contributed by atoms with E-state index in [1.807, 2.05) is 12.1 Å². The van der Waals surface area contributed by atoms with Crippen LogP contribution in [0.2, 0.25) is 0 Å². The summed E-state index contributed by atoms with van der Waals surface area (Å²) in [4.78, 5) is 24.5. The third-order valence-corrected chi connectivity index (χ3v) is 6.16. The highest BCUT2D eigenvalue weighted by Gasteiger charge is 2.16. The molecule has 0 fully saturated rings. The minimum Gasteiger partial charge on any atom is -0.494 e. The van der Waals surface area contributed by atoms with E-state index in [0.717, 1.165) is 44.3 Å². The number of nitrogens with zero attached hydrogens (tertiary/aromatic N) is 1. The minimum absolute atomic E-state index is 0.294. The normalized spacial score (nSPS) is 11.3. The zero-order valence-corrected chi connectivity index (χ0v) is 22.7. The fourth-order valence-corrected chi connectivity index (χ4v) is 3.91. The number of benzene rings is 2. The quantitative estimate of drug-likeness (QED) is 0.0803. The third kappa shape index (κ3) is 12.1. The molecule has 6 nitrogen and oxygen atoms in total. The Bertz CT molecular complexity index is 1010. The molecule has 38 heavy (non-hydrogen) atoms. The largest absolute Gasteiger partial charge is 0.494 e. The van der Waals surface area contributed by atoms with E-state index in [-0.39, 0.29) is 0 Å². The number of carbonyl (C=O) groups is 2. The predicted molar refractivity (Wildman–Crippen MR) is 149 cm³/mol. The van der Waals surface area contributed by atoms with Gasteiger partial charge < -0.3 is 14.2 Å². The molecule has 0 N–H and O–H groups in total. The maximum Gasteiger partial charge on any atom is 0.343 e. The van der Waals surface area contributed by atoms with Crippen molar-refractivity contribution in [3.05, 3.63) is 72.3 Å². The number of esters is 2. The smallest absolute Gasteiger partial charge is 0.343 e. The van der Waals surface area contributed by atoms with Gasteiger partial charge in [-0.05, 0) is 62.1 Å². The fraction of sp³-hybridized carbons (Fsp3) is 0.469. The van der Waals surface area contributed by atoms with Gasteiger partial charge in [-0.25, -0.2) is 4.79 Å². The molecule has 0 heterocycles. The lowest BCUT2D eigenvalue weighted by atomic mass is 10.1. The predicted octanol–water partition coefficient (Wildman–Crippen LogP) is 8.28. The van der Waals surface area contributed by atoms with Crippen molar-refractivity contribution in [1.82, 2.24) is 0 Å². The van der Waals surface area contributed by atoms with Crippen molar-refractivity contribution < 1.29 is 23.8 Å². The number of hydrogen-bond donors (Lipinski definition) is 0. The summed E-state index contributed by atoms with van der Waals surface area (Å²) in [5, 5.41) is 9.40. The van der Waals surface area contributed by atoms with Crippen molar-refractivity contribution in [2.24, 2.45) is 0 Å². The molecular weight excluding hydrogens is 478 g/mol. The Morgan fingerprint density at radius 1 is 0.868 bits per heavy atom. The first-order valence-corrected chi connectivity index (χ1v) is 13.8. The summed E-state index contributed by atoms with van der Waals surface area (Å²) in [7, 11) is 0. The molecule has 0 amide bonds. The van der Waals surface area contributed by atoms with Crippen LogP contribution in [0.25, 0.3) is 0 Å². The van der Waals surface area contributed by atoms with Crippen LogP contribution < -0.4 is 9.47 Å². The van der Waals surface area contributed by atoms with Gasteiger partial charge in [0, 0.05) is 12.0 Å². The zero-order valence-electron chi connectivity index (χ0n) is 22.7. The van der Waals surface area contributed by atoms with Crippen LogP contribution in [0, 0.1) is 11.3 Å². The van der Waals surface area contributed by atoms with E-state index in [1.165, 1.54) is 32.1 Å². The second kappa shape index (κ2) is 18.6. The fourth-order valence-electron chi connectivity index (χ4n) is 3.91. The monoisotopic (exact) mass is 519 g/mol. The summed E-state index contributed by atoms with van der Waals surface area (Å²) in [5.41, 5.74) is 0.940. The van der Waals surface area contributed by atoms with Gasteiger partial charge in [0.25, 0.3) is 0 Å². The first-order valence-electron chi connectivity index (χ1n) is 13.8. The summed E-state index contributed by atoms with van der Waals surface area (Å²) in [5.74, 6) is 0.183. The molecule has 0 aromatic heterocycles. The van der Waals surface area contributed by atoms with Gasteiger partial charge in [-0.3, -0.25) is 4.79 Å². The molecule has 0 aliphatic rings. The van der Waals surface area contributed by atoms with Crippen LogP contribution in [0.1, 0.15) is 106 Å². The molecule has 0 aliphatic heterocycles. The molecule has 0 spiro atoms. The summed E-state index contributed by atoms with van der Waals surface area (Å²) < 4.78 is 16.5. The van der Waals surface area contributed by atoms with Crippen molar-refractivity contribution in [2.45, 2.75) is 90.1 Å². The summed E-state index contributed by atoms with van der Waals surface area (Å²) >= 11 is 0.